The first-order chi connectivity index (χ1) is 22.4. The molecule has 4 heterocycles. The van der Waals surface area contributed by atoms with Crippen molar-refractivity contribution in [3.05, 3.63) is 71.8 Å². The molecule has 8 atom stereocenters. The molecule has 48 heavy (non-hydrogen) atoms. The Bertz CT molecular complexity index is 1270. The van der Waals surface area contributed by atoms with E-state index in [0.29, 0.717) is 24.2 Å². The molecule has 268 valence electrons. The number of ether oxygens (including phenoxy) is 2. The fourth-order valence-electron chi connectivity index (χ4n) is 7.41. The largest absolute Gasteiger partial charge is 0.462 e. The van der Waals surface area contributed by atoms with Gasteiger partial charge < -0.3 is 35.0 Å². The van der Waals surface area contributed by atoms with Gasteiger partial charge in [0.05, 0.1) is 13.2 Å². The second kappa shape index (κ2) is 18.2. The van der Waals surface area contributed by atoms with Gasteiger partial charge in [0, 0.05) is 24.2 Å². The summed E-state index contributed by atoms with van der Waals surface area (Å²) in [6.45, 7) is -0.412. The van der Waals surface area contributed by atoms with Crippen LogP contribution in [0.3, 0.4) is 0 Å². The highest BCUT2D eigenvalue weighted by molar-refractivity contribution is 7.79. The zero-order valence-electron chi connectivity index (χ0n) is 27.5. The zero-order chi connectivity index (χ0) is 34.1. The third-order valence-corrected chi connectivity index (χ3v) is 10.0. The van der Waals surface area contributed by atoms with Gasteiger partial charge in [-0.25, -0.2) is 0 Å². The van der Waals surface area contributed by atoms with Gasteiger partial charge in [-0.3, -0.25) is 18.7 Å². The van der Waals surface area contributed by atoms with Gasteiger partial charge in [-0.2, -0.15) is 8.42 Å². The standard InChI is InChI=1S/2C17H23NO3.H2O4S.H2O/c2*1-18-13-7-8-14(18)10-15(9-13)21-17(20)16(11-19)12-5-3-2-4-6-12;1-5(2,3)4;/h2*2-6,13-16,19H,7-11H2,1H3;(H2,1,2,3,4);1H2/t2*13-,14+,15?,16-;;/m00../s1. The van der Waals surface area contributed by atoms with Crippen LogP contribution in [0.25, 0.3) is 0 Å². The Balaban J connectivity index is 0.000000225. The average Bonchev–Trinajstić information content (AvgIpc) is 3.34. The molecule has 0 aliphatic carbocycles. The van der Waals surface area contributed by atoms with Crippen LogP contribution < -0.4 is 0 Å². The topological polar surface area (TPSA) is 206 Å². The number of fused-ring (bicyclic) bond motifs is 4. The van der Waals surface area contributed by atoms with E-state index in [4.69, 9.17) is 27.0 Å². The maximum atomic E-state index is 12.4. The van der Waals surface area contributed by atoms with Gasteiger partial charge in [0.25, 0.3) is 0 Å². The van der Waals surface area contributed by atoms with Crippen LogP contribution in [0.1, 0.15) is 74.3 Å². The smallest absolute Gasteiger partial charge is 0.394 e. The highest BCUT2D eigenvalue weighted by atomic mass is 32.3. The van der Waals surface area contributed by atoms with Crippen molar-refractivity contribution in [2.45, 2.75) is 99.6 Å². The second-order valence-corrected chi connectivity index (χ2v) is 13.8. The maximum Gasteiger partial charge on any atom is 0.394 e. The molecule has 0 saturated carbocycles. The summed E-state index contributed by atoms with van der Waals surface area (Å²) in [6, 6.07) is 20.9. The number of benzene rings is 2. The SMILES string of the molecule is CN1[C@@H]2CC[C@H]1CC(OC(=O)[C@@H](CO)c1ccccc1)C2.CN1[C@@H]2CC[C@H]1CC(OC(=O)[C@@H](CO)c1ccccc1)C2.O.O=S(=O)(O)O. The molecule has 0 amide bonds. The van der Waals surface area contributed by atoms with E-state index in [-0.39, 0.29) is 42.8 Å². The quantitative estimate of drug-likeness (QED) is 0.232. The van der Waals surface area contributed by atoms with Gasteiger partial charge in [-0.15, -0.1) is 0 Å². The predicted molar refractivity (Wildman–Crippen MR) is 178 cm³/mol. The molecule has 4 fully saturated rings. The van der Waals surface area contributed by atoms with E-state index in [0.717, 1.165) is 36.8 Å². The fraction of sp³-hybridized carbons (Fsp3) is 0.588. The molecule has 0 radical (unpaired) electrons. The molecule has 0 aromatic heterocycles. The lowest BCUT2D eigenvalue weighted by Gasteiger charge is -2.36. The molecule has 6 N–H and O–H groups in total. The van der Waals surface area contributed by atoms with Crippen molar-refractivity contribution in [3.8, 4) is 0 Å². The minimum absolute atomic E-state index is 0. The number of hydrogen-bond donors (Lipinski definition) is 4. The number of carbonyl (C=O) groups is 2. The molecule has 2 aromatic rings. The van der Waals surface area contributed by atoms with Crippen LogP contribution in [0, 0.1) is 0 Å². The molecule has 2 unspecified atom stereocenters. The molecule has 2 aromatic carbocycles. The number of carbonyl (C=O) groups excluding carboxylic acids is 2. The van der Waals surface area contributed by atoms with E-state index >= 15 is 0 Å². The van der Waals surface area contributed by atoms with Crippen molar-refractivity contribution in [2.75, 3.05) is 27.3 Å². The first-order valence-electron chi connectivity index (χ1n) is 16.2. The summed E-state index contributed by atoms with van der Waals surface area (Å²) in [4.78, 5) is 29.6. The van der Waals surface area contributed by atoms with E-state index in [1.807, 2.05) is 60.7 Å². The molecular formula is C34H50N2O11S. The molecule has 4 aliphatic heterocycles. The Kier molecular flexibility index (Phi) is 14.9. The predicted octanol–water partition coefficient (Wildman–Crippen LogP) is 2.38. The number of aliphatic hydroxyl groups excluding tert-OH is 2. The second-order valence-electron chi connectivity index (χ2n) is 12.9. The summed E-state index contributed by atoms with van der Waals surface area (Å²) in [7, 11) is -0.332. The van der Waals surface area contributed by atoms with Gasteiger partial charge in [0.15, 0.2) is 0 Å². The number of rotatable bonds is 8. The summed E-state index contributed by atoms with van der Waals surface area (Å²) in [6.07, 6.45) is 8.52. The molecule has 6 rings (SSSR count). The van der Waals surface area contributed by atoms with Crippen molar-refractivity contribution in [1.82, 2.24) is 9.80 Å². The number of hydrogen-bond acceptors (Lipinski definition) is 10. The lowest BCUT2D eigenvalue weighted by atomic mass is 9.98. The van der Waals surface area contributed by atoms with Gasteiger partial charge in [0.2, 0.25) is 0 Å². The fourth-order valence-corrected chi connectivity index (χ4v) is 7.41. The molecule has 14 heteroatoms. The van der Waals surface area contributed by atoms with Gasteiger partial charge in [-0.1, -0.05) is 60.7 Å². The summed E-state index contributed by atoms with van der Waals surface area (Å²) in [5.41, 5.74) is 1.64. The molecule has 0 spiro atoms. The van der Waals surface area contributed by atoms with E-state index in [1.165, 1.54) is 25.7 Å². The minimum atomic E-state index is -4.67. The monoisotopic (exact) mass is 694 g/mol. The zero-order valence-corrected chi connectivity index (χ0v) is 28.3. The van der Waals surface area contributed by atoms with Crippen molar-refractivity contribution >= 4 is 22.3 Å². The van der Waals surface area contributed by atoms with Gasteiger partial charge in [0.1, 0.15) is 24.0 Å². The third-order valence-electron chi connectivity index (χ3n) is 10.0. The normalized spacial score (nSPS) is 27.5. The van der Waals surface area contributed by atoms with Crippen molar-refractivity contribution in [1.29, 1.82) is 0 Å². The van der Waals surface area contributed by atoms with E-state index < -0.39 is 22.2 Å². The average molecular weight is 695 g/mol. The van der Waals surface area contributed by atoms with Crippen LogP contribution in [-0.2, 0) is 29.5 Å². The lowest BCUT2D eigenvalue weighted by molar-refractivity contribution is -0.156. The van der Waals surface area contributed by atoms with Crippen LogP contribution in [0.5, 0.6) is 0 Å². The Morgan fingerprint density at radius 2 is 0.938 bits per heavy atom. The van der Waals surface area contributed by atoms with Gasteiger partial charge in [-0.05, 0) is 76.6 Å². The minimum Gasteiger partial charge on any atom is -0.462 e. The number of piperidine rings is 2. The highest BCUT2D eigenvalue weighted by Gasteiger charge is 2.41. The van der Waals surface area contributed by atoms with Crippen LogP contribution in [0.15, 0.2) is 60.7 Å². The Hall–Kier alpha value is -2.95. The summed E-state index contributed by atoms with van der Waals surface area (Å²) >= 11 is 0. The van der Waals surface area contributed by atoms with Crippen molar-refractivity contribution < 1.29 is 52.3 Å². The van der Waals surface area contributed by atoms with Crippen LogP contribution >= 0.6 is 0 Å². The van der Waals surface area contributed by atoms with Crippen LogP contribution in [0.4, 0.5) is 0 Å². The summed E-state index contributed by atoms with van der Waals surface area (Å²) in [5, 5.41) is 19.1. The van der Waals surface area contributed by atoms with E-state index in [1.54, 1.807) is 0 Å². The number of aliphatic hydroxyl groups is 2. The molecular weight excluding hydrogens is 644 g/mol. The highest BCUT2D eigenvalue weighted by Crippen LogP contribution is 2.37. The molecule has 4 aliphatic rings. The van der Waals surface area contributed by atoms with Crippen molar-refractivity contribution in [3.63, 3.8) is 0 Å². The first-order valence-corrected chi connectivity index (χ1v) is 17.6. The van der Waals surface area contributed by atoms with Crippen LogP contribution in [-0.4, -0.2) is 119 Å². The lowest BCUT2D eigenvalue weighted by Crippen LogP contribution is -2.43. The first kappa shape index (κ1) is 39.5. The number of nitrogens with zero attached hydrogens (tertiary/aromatic N) is 2. The Morgan fingerprint density at radius 1 is 0.667 bits per heavy atom. The molecule has 4 saturated heterocycles. The molecule has 4 bridgehead atoms. The summed E-state index contributed by atoms with van der Waals surface area (Å²) < 4.78 is 43.0. The maximum absolute atomic E-state index is 12.4. The molecule has 13 nitrogen and oxygen atoms in total. The van der Waals surface area contributed by atoms with Gasteiger partial charge >= 0.3 is 22.3 Å². The number of esters is 2. The van der Waals surface area contributed by atoms with Crippen LogP contribution in [0.2, 0.25) is 0 Å². The Labute approximate surface area is 282 Å². The van der Waals surface area contributed by atoms with E-state index in [9.17, 15) is 19.8 Å². The third kappa shape index (κ3) is 11.0. The summed E-state index contributed by atoms with van der Waals surface area (Å²) in [5.74, 6) is -1.72. The van der Waals surface area contributed by atoms with Crippen molar-refractivity contribution in [2.24, 2.45) is 0 Å². The van der Waals surface area contributed by atoms with E-state index in [2.05, 4.69) is 23.9 Å². The Morgan fingerprint density at radius 3 is 1.19 bits per heavy atom.